The van der Waals surface area contributed by atoms with Crippen LogP contribution in [0.5, 0.6) is 0 Å². The third-order valence-electron chi connectivity index (χ3n) is 3.01. The summed E-state index contributed by atoms with van der Waals surface area (Å²) < 4.78 is 79.7. The van der Waals surface area contributed by atoms with Crippen molar-refractivity contribution in [2.75, 3.05) is 0 Å². The molecule has 0 N–H and O–H groups in total. The Morgan fingerprint density at radius 3 is 2.35 bits per heavy atom. The van der Waals surface area contributed by atoms with E-state index in [9.17, 15) is 21.6 Å². The van der Waals surface area contributed by atoms with Crippen molar-refractivity contribution in [1.29, 1.82) is 0 Å². The van der Waals surface area contributed by atoms with Gasteiger partial charge in [0.25, 0.3) is 0 Å². The summed E-state index contributed by atoms with van der Waals surface area (Å²) >= 11 is 0. The number of ether oxygens (including phenoxy) is 3. The first-order valence-electron chi connectivity index (χ1n) is 5.97. The molecule has 2 fully saturated rings. The van der Waals surface area contributed by atoms with E-state index in [0.29, 0.717) is 0 Å². The Labute approximate surface area is 114 Å². The Hall–Kier alpha value is -0.420. The quantitative estimate of drug-likeness (QED) is 0.580. The van der Waals surface area contributed by atoms with Crippen molar-refractivity contribution in [3.05, 3.63) is 0 Å². The van der Waals surface area contributed by atoms with E-state index in [1.54, 1.807) is 20.8 Å². The highest BCUT2D eigenvalue weighted by Crippen LogP contribution is 2.41. The molecule has 0 aromatic rings. The van der Waals surface area contributed by atoms with Crippen molar-refractivity contribution in [3.63, 3.8) is 0 Å². The van der Waals surface area contributed by atoms with Gasteiger partial charge in [0, 0.05) is 0 Å². The minimum absolute atomic E-state index is 0.262. The molecular formula is C10H15F3O6S. The topological polar surface area (TPSA) is 71.1 Å². The van der Waals surface area contributed by atoms with Crippen LogP contribution in [0.25, 0.3) is 0 Å². The van der Waals surface area contributed by atoms with Crippen LogP contribution < -0.4 is 0 Å². The molecule has 2 aliphatic rings. The summed E-state index contributed by atoms with van der Waals surface area (Å²) in [7, 11) is -5.72. The Morgan fingerprint density at radius 1 is 1.25 bits per heavy atom. The van der Waals surface area contributed by atoms with Crippen molar-refractivity contribution < 1.29 is 40.0 Å². The van der Waals surface area contributed by atoms with Crippen LogP contribution in [0.4, 0.5) is 13.2 Å². The van der Waals surface area contributed by atoms with E-state index in [1.165, 1.54) is 0 Å². The molecule has 0 aromatic heterocycles. The van der Waals surface area contributed by atoms with E-state index in [2.05, 4.69) is 4.18 Å². The van der Waals surface area contributed by atoms with E-state index >= 15 is 0 Å². The Bertz CT molecular complexity index is 474. The Balaban J connectivity index is 2.21. The molecule has 0 bridgehead atoms. The van der Waals surface area contributed by atoms with Gasteiger partial charge < -0.3 is 14.2 Å². The van der Waals surface area contributed by atoms with E-state index in [1.807, 2.05) is 0 Å². The fraction of sp³-hybridized carbons (Fsp3) is 1.00. The highest BCUT2D eigenvalue weighted by atomic mass is 32.2. The average Bonchev–Trinajstić information content (AvgIpc) is 2.70. The zero-order valence-electron chi connectivity index (χ0n) is 11.0. The molecule has 10 heteroatoms. The molecule has 20 heavy (non-hydrogen) atoms. The van der Waals surface area contributed by atoms with Crippen molar-refractivity contribution in [3.8, 4) is 0 Å². The number of halogens is 3. The molecule has 0 saturated carbocycles. The third kappa shape index (κ3) is 2.80. The average molecular weight is 320 g/mol. The van der Waals surface area contributed by atoms with Crippen LogP contribution in [0.1, 0.15) is 27.2 Å². The zero-order chi connectivity index (χ0) is 15.3. The predicted octanol–water partition coefficient (Wildman–Crippen LogP) is 1.51. The highest BCUT2D eigenvalue weighted by Gasteiger charge is 2.59. The van der Waals surface area contributed by atoms with Crippen molar-refractivity contribution in [1.82, 2.24) is 0 Å². The van der Waals surface area contributed by atoms with E-state index in [-0.39, 0.29) is 6.42 Å². The van der Waals surface area contributed by atoms with E-state index < -0.39 is 46.0 Å². The lowest BCUT2D eigenvalue weighted by molar-refractivity contribution is -0.213. The minimum Gasteiger partial charge on any atom is -0.344 e. The summed E-state index contributed by atoms with van der Waals surface area (Å²) in [6.07, 6.45) is -3.94. The van der Waals surface area contributed by atoms with Gasteiger partial charge in [-0.25, -0.2) is 0 Å². The minimum atomic E-state index is -5.72. The highest BCUT2D eigenvalue weighted by molar-refractivity contribution is 7.87. The maximum atomic E-state index is 12.4. The normalized spacial score (nSPS) is 37.1. The summed E-state index contributed by atoms with van der Waals surface area (Å²) in [5.41, 5.74) is -5.49. The molecule has 0 radical (unpaired) electrons. The van der Waals surface area contributed by atoms with Crippen LogP contribution in [0.15, 0.2) is 0 Å². The first-order chi connectivity index (χ1) is 8.97. The first kappa shape index (κ1) is 16.0. The lowest BCUT2D eigenvalue weighted by Gasteiger charge is -2.25. The molecule has 1 unspecified atom stereocenters. The number of fused-ring (bicyclic) bond motifs is 1. The van der Waals surface area contributed by atoms with Crippen LogP contribution in [0.3, 0.4) is 0 Å². The monoisotopic (exact) mass is 320 g/mol. The molecule has 2 rings (SSSR count). The summed E-state index contributed by atoms with van der Waals surface area (Å²) in [6, 6.07) is 0. The second-order valence-corrected chi connectivity index (χ2v) is 6.58. The molecule has 2 saturated heterocycles. The van der Waals surface area contributed by atoms with Gasteiger partial charge in [-0.05, 0) is 20.3 Å². The SMILES string of the molecule is CC[C@@H]1OC2OC(C)(C)O[C@H]2[C@@H]1OS(=O)(=O)C(F)(F)F. The van der Waals surface area contributed by atoms with Crippen LogP contribution in [0, 0.1) is 0 Å². The molecule has 4 atom stereocenters. The summed E-state index contributed by atoms with van der Waals surface area (Å²) in [6.45, 7) is 4.73. The molecule has 2 aliphatic heterocycles. The van der Waals surface area contributed by atoms with Crippen LogP contribution in [0.2, 0.25) is 0 Å². The maximum Gasteiger partial charge on any atom is 0.523 e. The second kappa shape index (κ2) is 4.80. The zero-order valence-corrected chi connectivity index (χ0v) is 11.8. The predicted molar refractivity (Wildman–Crippen MR) is 58.8 cm³/mol. The molecule has 0 amide bonds. The van der Waals surface area contributed by atoms with Gasteiger partial charge in [-0.15, -0.1) is 0 Å². The molecular weight excluding hydrogens is 305 g/mol. The standard InChI is InChI=1S/C10H15F3O6S/c1-4-5-6(19-20(14,15)10(11,12)13)7-8(16-5)18-9(2,3)17-7/h5-8H,4H2,1-3H3/t5-,6+,7-,8?/m0/s1. The number of hydrogen-bond donors (Lipinski definition) is 0. The van der Waals surface area contributed by atoms with Gasteiger partial charge in [-0.1, -0.05) is 6.92 Å². The van der Waals surface area contributed by atoms with Gasteiger partial charge in [0.05, 0.1) is 6.10 Å². The van der Waals surface area contributed by atoms with Gasteiger partial charge in [0.2, 0.25) is 0 Å². The molecule has 6 nitrogen and oxygen atoms in total. The molecule has 2 heterocycles. The first-order valence-corrected chi connectivity index (χ1v) is 7.38. The smallest absolute Gasteiger partial charge is 0.344 e. The molecule has 0 aliphatic carbocycles. The number of rotatable bonds is 3. The number of alkyl halides is 3. The third-order valence-corrected chi connectivity index (χ3v) is 4.05. The maximum absolute atomic E-state index is 12.4. The van der Waals surface area contributed by atoms with Crippen molar-refractivity contribution >= 4 is 10.1 Å². The van der Waals surface area contributed by atoms with Crippen LogP contribution in [-0.4, -0.2) is 44.3 Å². The van der Waals surface area contributed by atoms with Crippen LogP contribution in [-0.2, 0) is 28.5 Å². The lowest BCUT2D eigenvalue weighted by atomic mass is 10.1. The van der Waals surface area contributed by atoms with Crippen molar-refractivity contribution in [2.24, 2.45) is 0 Å². The number of hydrogen-bond acceptors (Lipinski definition) is 6. The Morgan fingerprint density at radius 2 is 1.85 bits per heavy atom. The van der Waals surface area contributed by atoms with Gasteiger partial charge in [0.1, 0.15) is 12.2 Å². The Kier molecular flexibility index (Phi) is 3.83. The van der Waals surface area contributed by atoms with Crippen LogP contribution >= 0.6 is 0 Å². The van der Waals surface area contributed by atoms with Gasteiger partial charge >= 0.3 is 15.6 Å². The van der Waals surface area contributed by atoms with E-state index in [0.717, 1.165) is 0 Å². The fourth-order valence-corrected chi connectivity index (χ4v) is 2.83. The van der Waals surface area contributed by atoms with E-state index in [4.69, 9.17) is 14.2 Å². The summed E-state index contributed by atoms with van der Waals surface area (Å²) in [5.74, 6) is -1.07. The molecule has 0 spiro atoms. The molecule has 0 aromatic carbocycles. The fourth-order valence-electron chi connectivity index (χ4n) is 2.19. The lowest BCUT2D eigenvalue weighted by Crippen LogP contribution is -2.41. The summed E-state index contributed by atoms with van der Waals surface area (Å²) in [5, 5.41) is 0. The largest absolute Gasteiger partial charge is 0.523 e. The van der Waals surface area contributed by atoms with Crippen molar-refractivity contribution in [2.45, 2.75) is 63.1 Å². The van der Waals surface area contributed by atoms with Gasteiger partial charge in [-0.3, -0.25) is 4.18 Å². The summed E-state index contributed by atoms with van der Waals surface area (Å²) in [4.78, 5) is 0. The van der Waals surface area contributed by atoms with Gasteiger partial charge in [0.15, 0.2) is 12.1 Å². The molecule has 118 valence electrons. The van der Waals surface area contributed by atoms with Gasteiger partial charge in [-0.2, -0.15) is 21.6 Å². The second-order valence-electron chi connectivity index (χ2n) is 5.01.